The first-order chi connectivity index (χ1) is 7.11. The van der Waals surface area contributed by atoms with Gasteiger partial charge in [0.2, 0.25) is 5.91 Å². The number of aliphatic hydroxyl groups excluding tert-OH is 1. The molecule has 0 spiro atoms. The molecule has 2 atom stereocenters. The van der Waals surface area contributed by atoms with Crippen molar-refractivity contribution in [2.24, 2.45) is 11.8 Å². The van der Waals surface area contributed by atoms with Gasteiger partial charge in [0, 0.05) is 13.1 Å². The molecule has 0 bridgehead atoms. The van der Waals surface area contributed by atoms with Gasteiger partial charge in [-0.15, -0.1) is 0 Å². The molecule has 1 aliphatic heterocycles. The zero-order valence-corrected chi connectivity index (χ0v) is 9.62. The summed E-state index contributed by atoms with van der Waals surface area (Å²) in [6, 6.07) is 0. The van der Waals surface area contributed by atoms with Crippen molar-refractivity contribution in [2.75, 3.05) is 19.6 Å². The summed E-state index contributed by atoms with van der Waals surface area (Å²) < 4.78 is 0. The van der Waals surface area contributed by atoms with Crippen molar-refractivity contribution in [1.82, 2.24) is 10.6 Å². The van der Waals surface area contributed by atoms with E-state index in [1.165, 1.54) is 0 Å². The summed E-state index contributed by atoms with van der Waals surface area (Å²) in [6.45, 7) is 6.03. The summed E-state index contributed by atoms with van der Waals surface area (Å²) in [4.78, 5) is 11.7. The van der Waals surface area contributed by atoms with Gasteiger partial charge in [-0.05, 0) is 25.3 Å². The lowest BCUT2D eigenvalue weighted by atomic mass is 9.98. The van der Waals surface area contributed by atoms with Crippen molar-refractivity contribution in [1.29, 1.82) is 0 Å². The number of piperidine rings is 1. The maximum atomic E-state index is 11.7. The lowest BCUT2D eigenvalue weighted by Gasteiger charge is -2.23. The molecule has 0 aromatic rings. The second-order valence-corrected chi connectivity index (χ2v) is 4.60. The Morgan fingerprint density at radius 3 is 2.87 bits per heavy atom. The lowest BCUT2D eigenvalue weighted by Crippen LogP contribution is -2.43. The third-order valence-electron chi connectivity index (χ3n) is 2.92. The van der Waals surface area contributed by atoms with Crippen molar-refractivity contribution >= 4 is 5.91 Å². The van der Waals surface area contributed by atoms with Crippen LogP contribution in [0, 0.1) is 11.8 Å². The molecule has 1 amide bonds. The van der Waals surface area contributed by atoms with Crippen LogP contribution in [-0.4, -0.2) is 36.8 Å². The predicted molar refractivity (Wildman–Crippen MR) is 59.4 cm³/mol. The number of nitrogens with one attached hydrogen (secondary N) is 2. The molecule has 3 N–H and O–H groups in total. The minimum Gasteiger partial charge on any atom is -0.391 e. The van der Waals surface area contributed by atoms with E-state index in [1.807, 2.05) is 13.8 Å². The van der Waals surface area contributed by atoms with Gasteiger partial charge < -0.3 is 15.7 Å². The van der Waals surface area contributed by atoms with Gasteiger partial charge >= 0.3 is 0 Å². The number of hydrogen-bond donors (Lipinski definition) is 3. The zero-order valence-electron chi connectivity index (χ0n) is 9.62. The minimum atomic E-state index is -0.439. The van der Waals surface area contributed by atoms with Crippen LogP contribution in [-0.2, 0) is 4.79 Å². The van der Waals surface area contributed by atoms with E-state index in [-0.39, 0.29) is 17.7 Å². The van der Waals surface area contributed by atoms with Crippen molar-refractivity contribution in [2.45, 2.75) is 32.8 Å². The number of amides is 1. The second-order valence-electron chi connectivity index (χ2n) is 4.60. The van der Waals surface area contributed by atoms with Gasteiger partial charge in [-0.2, -0.15) is 0 Å². The molecular weight excluding hydrogens is 192 g/mol. The van der Waals surface area contributed by atoms with Gasteiger partial charge in [0.1, 0.15) is 0 Å². The lowest BCUT2D eigenvalue weighted by molar-refractivity contribution is -0.126. The first kappa shape index (κ1) is 12.5. The van der Waals surface area contributed by atoms with Crippen LogP contribution in [0.4, 0.5) is 0 Å². The first-order valence-corrected chi connectivity index (χ1v) is 5.77. The second kappa shape index (κ2) is 6.08. The average Bonchev–Trinajstić information content (AvgIpc) is 2.26. The van der Waals surface area contributed by atoms with Crippen LogP contribution in [0.2, 0.25) is 0 Å². The Balaban J connectivity index is 2.22. The third kappa shape index (κ3) is 4.18. The van der Waals surface area contributed by atoms with Crippen LogP contribution >= 0.6 is 0 Å². The van der Waals surface area contributed by atoms with Crippen LogP contribution in [0.3, 0.4) is 0 Å². The molecule has 0 aliphatic carbocycles. The molecule has 0 saturated carbocycles. The fraction of sp³-hybridized carbons (Fsp3) is 0.909. The van der Waals surface area contributed by atoms with E-state index in [0.29, 0.717) is 6.54 Å². The molecule has 15 heavy (non-hydrogen) atoms. The highest BCUT2D eigenvalue weighted by atomic mass is 16.3. The fourth-order valence-electron chi connectivity index (χ4n) is 1.66. The number of rotatable bonds is 4. The average molecular weight is 214 g/mol. The van der Waals surface area contributed by atoms with E-state index in [4.69, 9.17) is 0 Å². The number of carbonyl (C=O) groups excluding carboxylic acids is 1. The SMILES string of the molecule is CC(C)C(O)CNC(=O)C1CCCNC1. The van der Waals surface area contributed by atoms with Crippen LogP contribution in [0.5, 0.6) is 0 Å². The predicted octanol–water partition coefficient (Wildman–Crippen LogP) is 0.119. The largest absolute Gasteiger partial charge is 0.391 e. The third-order valence-corrected chi connectivity index (χ3v) is 2.92. The van der Waals surface area contributed by atoms with Crippen molar-refractivity contribution in [3.05, 3.63) is 0 Å². The maximum Gasteiger partial charge on any atom is 0.224 e. The van der Waals surface area contributed by atoms with Crippen LogP contribution < -0.4 is 10.6 Å². The van der Waals surface area contributed by atoms with Gasteiger partial charge in [0.15, 0.2) is 0 Å². The maximum absolute atomic E-state index is 11.7. The molecular formula is C11H22N2O2. The summed E-state index contributed by atoms with van der Waals surface area (Å²) in [5.74, 6) is 0.342. The molecule has 1 fully saturated rings. The zero-order chi connectivity index (χ0) is 11.3. The molecule has 4 heteroatoms. The molecule has 1 aliphatic rings. The molecule has 88 valence electrons. The summed E-state index contributed by atoms with van der Waals surface area (Å²) >= 11 is 0. The summed E-state index contributed by atoms with van der Waals surface area (Å²) in [5.41, 5.74) is 0. The van der Waals surface area contributed by atoms with Crippen LogP contribution in [0.25, 0.3) is 0 Å². The van der Waals surface area contributed by atoms with Crippen molar-refractivity contribution in [3.63, 3.8) is 0 Å². The Bertz CT molecular complexity index is 201. The van der Waals surface area contributed by atoms with E-state index < -0.39 is 6.10 Å². The Morgan fingerprint density at radius 2 is 2.33 bits per heavy atom. The Morgan fingerprint density at radius 1 is 1.60 bits per heavy atom. The Labute approximate surface area is 91.4 Å². The van der Waals surface area contributed by atoms with E-state index in [2.05, 4.69) is 10.6 Å². The Kier molecular flexibility index (Phi) is 5.05. The van der Waals surface area contributed by atoms with E-state index in [1.54, 1.807) is 0 Å². The molecule has 4 nitrogen and oxygen atoms in total. The quantitative estimate of drug-likeness (QED) is 0.623. The van der Waals surface area contributed by atoms with Gasteiger partial charge in [-0.1, -0.05) is 13.8 Å². The number of carbonyl (C=O) groups is 1. The highest BCUT2D eigenvalue weighted by molar-refractivity contribution is 5.78. The molecule has 1 rings (SSSR count). The summed E-state index contributed by atoms with van der Waals surface area (Å²) in [5, 5.41) is 15.6. The van der Waals surface area contributed by atoms with Crippen molar-refractivity contribution < 1.29 is 9.90 Å². The molecule has 0 aromatic heterocycles. The van der Waals surface area contributed by atoms with Crippen LogP contribution in [0.15, 0.2) is 0 Å². The van der Waals surface area contributed by atoms with Gasteiger partial charge in [0.25, 0.3) is 0 Å². The van der Waals surface area contributed by atoms with E-state index in [9.17, 15) is 9.90 Å². The molecule has 0 aromatic carbocycles. The van der Waals surface area contributed by atoms with Gasteiger partial charge in [0.05, 0.1) is 12.0 Å². The summed E-state index contributed by atoms with van der Waals surface area (Å²) in [6.07, 6.45) is 1.58. The number of hydrogen-bond acceptors (Lipinski definition) is 3. The molecule has 1 saturated heterocycles. The van der Waals surface area contributed by atoms with Crippen LogP contribution in [0.1, 0.15) is 26.7 Å². The smallest absolute Gasteiger partial charge is 0.224 e. The normalized spacial score (nSPS) is 23.9. The monoisotopic (exact) mass is 214 g/mol. The minimum absolute atomic E-state index is 0.0712. The standard InChI is InChI=1S/C11H22N2O2/c1-8(2)10(14)7-13-11(15)9-4-3-5-12-6-9/h8-10,12,14H,3-7H2,1-2H3,(H,13,15). The van der Waals surface area contributed by atoms with E-state index in [0.717, 1.165) is 25.9 Å². The van der Waals surface area contributed by atoms with Crippen molar-refractivity contribution in [3.8, 4) is 0 Å². The topological polar surface area (TPSA) is 61.4 Å². The highest BCUT2D eigenvalue weighted by Crippen LogP contribution is 2.09. The Hall–Kier alpha value is -0.610. The molecule has 2 unspecified atom stereocenters. The van der Waals surface area contributed by atoms with Gasteiger partial charge in [-0.25, -0.2) is 0 Å². The first-order valence-electron chi connectivity index (χ1n) is 5.77. The fourth-order valence-corrected chi connectivity index (χ4v) is 1.66. The van der Waals surface area contributed by atoms with Gasteiger partial charge in [-0.3, -0.25) is 4.79 Å². The molecule has 1 heterocycles. The summed E-state index contributed by atoms with van der Waals surface area (Å²) in [7, 11) is 0. The molecule has 0 radical (unpaired) electrons. The number of aliphatic hydroxyl groups is 1. The van der Waals surface area contributed by atoms with E-state index >= 15 is 0 Å². The highest BCUT2D eigenvalue weighted by Gasteiger charge is 2.21.